The molecule has 0 saturated carbocycles. The molecule has 0 fully saturated rings. The molecule has 0 aliphatic rings. The predicted octanol–water partition coefficient (Wildman–Crippen LogP) is 4.71. The molecule has 0 amide bonds. The number of esters is 1. The molecular weight excluding hydrogens is 360 g/mol. The fourth-order valence-electron chi connectivity index (χ4n) is 3.36. The van der Waals surface area contributed by atoms with Crippen molar-refractivity contribution in [3.63, 3.8) is 0 Å². The van der Waals surface area contributed by atoms with E-state index >= 15 is 0 Å². The van der Waals surface area contributed by atoms with Crippen molar-refractivity contribution < 1.29 is 18.7 Å². The molecule has 0 atom stereocenters. The van der Waals surface area contributed by atoms with E-state index in [0.717, 1.165) is 19.4 Å². The number of ether oxygens (including phenoxy) is 1. The first kappa shape index (κ1) is 22.8. The summed E-state index contributed by atoms with van der Waals surface area (Å²) in [5.41, 5.74) is 2.52. The van der Waals surface area contributed by atoms with Gasteiger partial charge in [-0.3, -0.25) is 0 Å². The van der Waals surface area contributed by atoms with Crippen LogP contribution < -0.4 is 9.13 Å². The van der Waals surface area contributed by atoms with Crippen LogP contribution in [0, 0.1) is 0 Å². The Balaban J connectivity index is 1.47. The van der Waals surface area contributed by atoms with Crippen molar-refractivity contribution in [2.75, 3.05) is 6.61 Å². The quantitative estimate of drug-likeness (QED) is 0.201. The third-order valence-corrected chi connectivity index (χ3v) is 5.17. The van der Waals surface area contributed by atoms with Gasteiger partial charge in [-0.05, 0) is 24.0 Å². The number of rotatable bonds is 14. The number of carbonyl (C=O) groups excluding carboxylic acids is 1. The van der Waals surface area contributed by atoms with Crippen LogP contribution in [0.25, 0.3) is 11.1 Å². The molecule has 0 bridgehead atoms. The van der Waals surface area contributed by atoms with Crippen LogP contribution in [-0.2, 0) is 23.1 Å². The third kappa shape index (κ3) is 9.51. The summed E-state index contributed by atoms with van der Waals surface area (Å²) >= 11 is 0. The van der Waals surface area contributed by atoms with Crippen molar-refractivity contribution in [1.82, 2.24) is 0 Å². The fourth-order valence-corrected chi connectivity index (χ4v) is 3.36. The number of hydrogen-bond acceptors (Lipinski definition) is 2. The largest absolute Gasteiger partial charge is 0.463 e. The molecule has 4 heteroatoms. The van der Waals surface area contributed by atoms with Crippen LogP contribution in [0.5, 0.6) is 0 Å². The zero-order valence-electron chi connectivity index (χ0n) is 17.9. The Labute approximate surface area is 175 Å². The van der Waals surface area contributed by atoms with Crippen LogP contribution in [0.4, 0.5) is 0 Å². The second kappa shape index (κ2) is 13.6. The lowest BCUT2D eigenvalue weighted by Crippen LogP contribution is -2.32. The van der Waals surface area contributed by atoms with Gasteiger partial charge in [-0.2, -0.15) is 0 Å². The van der Waals surface area contributed by atoms with Crippen molar-refractivity contribution in [2.24, 2.45) is 7.05 Å². The summed E-state index contributed by atoms with van der Waals surface area (Å²) in [5, 5.41) is 0. The molecule has 0 unspecified atom stereocenters. The van der Waals surface area contributed by atoms with E-state index in [1.54, 1.807) is 0 Å². The van der Waals surface area contributed by atoms with Crippen molar-refractivity contribution in [2.45, 2.75) is 64.3 Å². The lowest BCUT2D eigenvalue weighted by Gasteiger charge is -2.03. The Kier molecular flexibility index (Phi) is 10.7. The zero-order valence-corrected chi connectivity index (χ0v) is 17.9. The molecule has 2 aromatic heterocycles. The van der Waals surface area contributed by atoms with Gasteiger partial charge in [-0.15, -0.1) is 0 Å². The molecule has 2 aromatic rings. The first-order chi connectivity index (χ1) is 14.2. The van der Waals surface area contributed by atoms with Gasteiger partial charge in [0, 0.05) is 36.8 Å². The van der Waals surface area contributed by atoms with E-state index in [2.05, 4.69) is 64.8 Å². The first-order valence-corrected chi connectivity index (χ1v) is 10.9. The Bertz CT molecular complexity index is 723. The summed E-state index contributed by atoms with van der Waals surface area (Å²) < 4.78 is 9.31. The number of nitrogens with zero attached hydrogens (tertiary/aromatic N) is 2. The van der Waals surface area contributed by atoms with Gasteiger partial charge in [0.25, 0.3) is 0 Å². The van der Waals surface area contributed by atoms with Crippen molar-refractivity contribution in [3.05, 3.63) is 61.7 Å². The van der Waals surface area contributed by atoms with Gasteiger partial charge in [-0.1, -0.05) is 45.1 Å². The normalized spacial score (nSPS) is 10.7. The Morgan fingerprint density at radius 1 is 0.828 bits per heavy atom. The minimum atomic E-state index is -0.315. The summed E-state index contributed by atoms with van der Waals surface area (Å²) in [7, 11) is 2.04. The van der Waals surface area contributed by atoms with E-state index in [1.165, 1.54) is 62.1 Å². The Hall–Kier alpha value is -2.49. The van der Waals surface area contributed by atoms with Gasteiger partial charge in [0.1, 0.15) is 13.6 Å². The topological polar surface area (TPSA) is 34.1 Å². The average molecular weight is 397 g/mol. The lowest BCUT2D eigenvalue weighted by molar-refractivity contribution is -0.697. The molecule has 0 aliphatic carbocycles. The molecule has 2 heterocycles. The minimum Gasteiger partial charge on any atom is -0.463 e. The van der Waals surface area contributed by atoms with E-state index in [9.17, 15) is 4.79 Å². The SMILES string of the molecule is C=CC(=O)OCCCCCCCCCCC[n+]1ccc(-c2cc[n+](C)cc2)cc1. The highest BCUT2D eigenvalue weighted by atomic mass is 16.5. The molecule has 0 spiro atoms. The van der Waals surface area contributed by atoms with E-state index in [-0.39, 0.29) is 5.97 Å². The molecule has 0 N–H and O–H groups in total. The molecular formula is C25H36N2O2+2. The second-order valence-electron chi connectivity index (χ2n) is 7.63. The Morgan fingerprint density at radius 3 is 1.86 bits per heavy atom. The number of carbonyl (C=O) groups is 1. The number of unbranched alkanes of at least 4 members (excludes halogenated alkanes) is 8. The minimum absolute atomic E-state index is 0.315. The smallest absolute Gasteiger partial charge is 0.330 e. The van der Waals surface area contributed by atoms with Gasteiger partial charge in [0.2, 0.25) is 0 Å². The van der Waals surface area contributed by atoms with E-state index in [1.807, 2.05) is 7.05 Å². The molecule has 0 saturated heterocycles. The maximum Gasteiger partial charge on any atom is 0.330 e. The van der Waals surface area contributed by atoms with Crippen molar-refractivity contribution in [3.8, 4) is 11.1 Å². The third-order valence-electron chi connectivity index (χ3n) is 5.17. The molecule has 4 nitrogen and oxygen atoms in total. The van der Waals surface area contributed by atoms with Gasteiger partial charge >= 0.3 is 5.97 Å². The van der Waals surface area contributed by atoms with Gasteiger partial charge in [0.15, 0.2) is 24.8 Å². The number of pyridine rings is 2. The van der Waals surface area contributed by atoms with Crippen LogP contribution in [0.3, 0.4) is 0 Å². The summed E-state index contributed by atoms with van der Waals surface area (Å²) in [5.74, 6) is -0.315. The molecule has 0 aromatic carbocycles. The zero-order chi connectivity index (χ0) is 20.7. The molecule has 29 heavy (non-hydrogen) atoms. The number of aromatic nitrogens is 2. The van der Waals surface area contributed by atoms with Crippen LogP contribution in [0.1, 0.15) is 57.8 Å². The van der Waals surface area contributed by atoms with Gasteiger partial charge < -0.3 is 4.74 Å². The molecule has 156 valence electrons. The highest BCUT2D eigenvalue weighted by Crippen LogP contribution is 2.15. The number of hydrogen-bond donors (Lipinski definition) is 0. The van der Waals surface area contributed by atoms with Crippen LogP contribution in [0.15, 0.2) is 61.7 Å². The summed E-state index contributed by atoms with van der Waals surface area (Å²) in [6.45, 7) is 5.00. The Morgan fingerprint density at radius 2 is 1.31 bits per heavy atom. The average Bonchev–Trinajstić information content (AvgIpc) is 2.75. The van der Waals surface area contributed by atoms with E-state index < -0.39 is 0 Å². The maximum absolute atomic E-state index is 10.9. The summed E-state index contributed by atoms with van der Waals surface area (Å²) in [4.78, 5) is 10.9. The highest BCUT2D eigenvalue weighted by Gasteiger charge is 2.04. The van der Waals surface area contributed by atoms with Crippen LogP contribution >= 0.6 is 0 Å². The monoisotopic (exact) mass is 396 g/mol. The summed E-state index contributed by atoms with van der Waals surface area (Å²) in [6, 6.07) is 8.70. The maximum atomic E-state index is 10.9. The summed E-state index contributed by atoms with van der Waals surface area (Å²) in [6.07, 6.45) is 20.8. The number of aryl methyl sites for hydroxylation is 2. The van der Waals surface area contributed by atoms with Crippen LogP contribution in [-0.4, -0.2) is 12.6 Å². The van der Waals surface area contributed by atoms with Gasteiger partial charge in [-0.25, -0.2) is 13.9 Å². The van der Waals surface area contributed by atoms with E-state index in [0.29, 0.717) is 6.61 Å². The second-order valence-corrected chi connectivity index (χ2v) is 7.63. The molecule has 0 aliphatic heterocycles. The first-order valence-electron chi connectivity index (χ1n) is 10.9. The molecule has 2 rings (SSSR count). The van der Waals surface area contributed by atoms with Gasteiger partial charge in [0.05, 0.1) is 6.61 Å². The molecule has 0 radical (unpaired) electrons. The predicted molar refractivity (Wildman–Crippen MR) is 116 cm³/mol. The lowest BCUT2D eigenvalue weighted by atomic mass is 10.1. The van der Waals surface area contributed by atoms with Crippen LogP contribution in [0.2, 0.25) is 0 Å². The van der Waals surface area contributed by atoms with E-state index in [4.69, 9.17) is 4.74 Å². The van der Waals surface area contributed by atoms with Crippen molar-refractivity contribution in [1.29, 1.82) is 0 Å². The fraction of sp³-hybridized carbons (Fsp3) is 0.480. The van der Waals surface area contributed by atoms with Crippen molar-refractivity contribution >= 4 is 5.97 Å². The standard InChI is InChI=1S/C25H36N2O2/c1-3-25(28)29-22-12-10-8-6-4-5-7-9-11-17-27-20-15-24(16-21-27)23-13-18-26(2)19-14-23/h3,13-16,18-21H,1,4-12,17,22H2,2H3/q+2. The highest BCUT2D eigenvalue weighted by molar-refractivity contribution is 5.81.